The van der Waals surface area contributed by atoms with Crippen molar-refractivity contribution >= 4 is 5.97 Å². The number of cyclic esters (lactones) is 1. The predicted octanol–water partition coefficient (Wildman–Crippen LogP) is 8.85. The Bertz CT molecular complexity index is 680. The second kappa shape index (κ2) is 27.4. The number of hydrogen-bond acceptors (Lipinski definition) is 6. The van der Waals surface area contributed by atoms with Crippen molar-refractivity contribution in [2.24, 2.45) is 0 Å². The molecule has 0 spiro atoms. The van der Waals surface area contributed by atoms with Crippen LogP contribution < -0.4 is 0 Å². The number of carbonyl (C=O) groups is 1. The average molecular weight is 611 g/mol. The second-order valence-corrected chi connectivity index (χ2v) is 13.4. The number of carbonyl (C=O) groups excluding carboxylic acids is 1. The maximum Gasteiger partial charge on any atom is 0.334 e. The van der Waals surface area contributed by atoms with Crippen LogP contribution in [0.1, 0.15) is 187 Å². The van der Waals surface area contributed by atoms with Crippen molar-refractivity contribution in [1.29, 1.82) is 0 Å². The Balaban J connectivity index is 1.87. The molecule has 0 amide bonds. The molecule has 0 aliphatic carbocycles. The zero-order valence-corrected chi connectivity index (χ0v) is 28.2. The number of hydrogen-bond donors (Lipinski definition) is 4. The quantitative estimate of drug-likeness (QED) is 0.0461. The van der Waals surface area contributed by atoms with Gasteiger partial charge in [-0.3, -0.25) is 0 Å². The minimum Gasteiger partial charge on any atom is -0.455 e. The van der Waals surface area contributed by atoms with Crippen molar-refractivity contribution < 1.29 is 30.0 Å². The Hall–Kier alpha value is -0.950. The van der Waals surface area contributed by atoms with E-state index in [0.717, 1.165) is 56.9 Å². The molecule has 0 aromatic heterocycles. The zero-order valence-electron chi connectivity index (χ0n) is 28.2. The fourth-order valence-corrected chi connectivity index (χ4v) is 6.22. The Labute approximate surface area is 265 Å². The molecule has 254 valence electrons. The minimum absolute atomic E-state index is 0.0585. The normalized spacial score (nSPS) is 18.0. The lowest BCUT2D eigenvalue weighted by atomic mass is 9.97. The van der Waals surface area contributed by atoms with E-state index in [0.29, 0.717) is 25.7 Å². The van der Waals surface area contributed by atoms with Gasteiger partial charge in [-0.15, -0.1) is 0 Å². The van der Waals surface area contributed by atoms with E-state index in [2.05, 4.69) is 6.92 Å². The number of rotatable bonds is 31. The molecule has 1 heterocycles. The molecule has 6 nitrogen and oxygen atoms in total. The summed E-state index contributed by atoms with van der Waals surface area (Å²) in [5, 5.41) is 41.2. The van der Waals surface area contributed by atoms with Gasteiger partial charge < -0.3 is 25.2 Å². The van der Waals surface area contributed by atoms with E-state index in [1.807, 2.05) is 13.0 Å². The fraction of sp³-hybridized carbons (Fsp3) is 0.919. The van der Waals surface area contributed by atoms with Crippen LogP contribution in [0.2, 0.25) is 0 Å². The summed E-state index contributed by atoms with van der Waals surface area (Å²) in [6, 6.07) is 0. The Morgan fingerprint density at radius 1 is 0.535 bits per heavy atom. The number of esters is 1. The number of ether oxygens (including phenoxy) is 1. The third-order valence-corrected chi connectivity index (χ3v) is 9.18. The van der Waals surface area contributed by atoms with Crippen molar-refractivity contribution in [3.05, 3.63) is 11.6 Å². The van der Waals surface area contributed by atoms with Crippen LogP contribution >= 0.6 is 0 Å². The summed E-state index contributed by atoms with van der Waals surface area (Å²) in [6.45, 7) is 4.15. The van der Waals surface area contributed by atoms with Crippen molar-refractivity contribution in [2.45, 2.75) is 218 Å². The van der Waals surface area contributed by atoms with E-state index in [9.17, 15) is 25.2 Å². The maximum atomic E-state index is 11.6. The molecule has 5 atom stereocenters. The van der Waals surface area contributed by atoms with Gasteiger partial charge in [0.1, 0.15) is 6.10 Å². The molecule has 0 saturated carbocycles. The van der Waals surface area contributed by atoms with E-state index in [-0.39, 0.29) is 12.1 Å². The van der Waals surface area contributed by atoms with Gasteiger partial charge in [0.2, 0.25) is 0 Å². The summed E-state index contributed by atoms with van der Waals surface area (Å²) in [4.78, 5) is 11.6. The molecule has 0 unspecified atom stereocenters. The summed E-state index contributed by atoms with van der Waals surface area (Å²) in [5.74, 6) is -0.132. The average Bonchev–Trinajstić information content (AvgIpc) is 3.32. The Kier molecular flexibility index (Phi) is 25.5. The van der Waals surface area contributed by atoms with Crippen LogP contribution in [0.4, 0.5) is 0 Å². The van der Waals surface area contributed by atoms with E-state index in [1.165, 1.54) is 96.3 Å². The van der Waals surface area contributed by atoms with Gasteiger partial charge in [-0.05, 0) is 51.5 Å². The molecule has 0 aromatic carbocycles. The first-order valence-corrected chi connectivity index (χ1v) is 18.5. The van der Waals surface area contributed by atoms with Gasteiger partial charge in [0.25, 0.3) is 0 Å². The van der Waals surface area contributed by atoms with Gasteiger partial charge in [-0.25, -0.2) is 4.79 Å². The van der Waals surface area contributed by atoms with E-state index in [1.54, 1.807) is 0 Å². The van der Waals surface area contributed by atoms with Crippen LogP contribution in [0.5, 0.6) is 0 Å². The van der Waals surface area contributed by atoms with Gasteiger partial charge in [-0.1, -0.05) is 142 Å². The van der Waals surface area contributed by atoms with Gasteiger partial charge in [0.05, 0.1) is 24.4 Å². The van der Waals surface area contributed by atoms with E-state index >= 15 is 0 Å². The highest BCUT2D eigenvalue weighted by molar-refractivity contribution is 5.90. The number of aliphatic hydroxyl groups is 4. The van der Waals surface area contributed by atoms with Gasteiger partial charge in [-0.2, -0.15) is 0 Å². The highest BCUT2D eigenvalue weighted by atomic mass is 16.5. The second-order valence-electron chi connectivity index (χ2n) is 13.4. The van der Waals surface area contributed by atoms with Crippen molar-refractivity contribution in [3.8, 4) is 0 Å². The van der Waals surface area contributed by atoms with Gasteiger partial charge >= 0.3 is 5.97 Å². The Morgan fingerprint density at radius 3 is 1.16 bits per heavy atom. The SMILES string of the molecule is CCCCCCCCCCCC[C@H](O)[C@H](O)CCCC[C@H](O)[C@H](O)CCCCCCCCCCCCC1=C[C@H](C)OC1=O. The van der Waals surface area contributed by atoms with Crippen LogP contribution in [-0.4, -0.2) is 56.9 Å². The smallest absolute Gasteiger partial charge is 0.334 e. The van der Waals surface area contributed by atoms with Crippen LogP contribution in [0.25, 0.3) is 0 Å². The molecule has 0 saturated heterocycles. The van der Waals surface area contributed by atoms with E-state index < -0.39 is 24.4 Å². The lowest BCUT2D eigenvalue weighted by Crippen LogP contribution is -2.27. The lowest BCUT2D eigenvalue weighted by molar-refractivity contribution is -0.139. The zero-order chi connectivity index (χ0) is 31.5. The maximum absolute atomic E-state index is 11.6. The molecule has 0 aromatic rings. The molecule has 4 N–H and O–H groups in total. The molecule has 0 bridgehead atoms. The van der Waals surface area contributed by atoms with Crippen molar-refractivity contribution in [1.82, 2.24) is 0 Å². The van der Waals surface area contributed by atoms with Crippen molar-refractivity contribution in [2.75, 3.05) is 0 Å². The van der Waals surface area contributed by atoms with Crippen LogP contribution in [0.3, 0.4) is 0 Å². The highest BCUT2D eigenvalue weighted by Crippen LogP contribution is 2.21. The van der Waals surface area contributed by atoms with Gasteiger partial charge in [0.15, 0.2) is 0 Å². The third kappa shape index (κ3) is 22.2. The topological polar surface area (TPSA) is 107 Å². The fourth-order valence-electron chi connectivity index (χ4n) is 6.22. The first kappa shape index (κ1) is 40.1. The summed E-state index contributed by atoms with van der Waals surface area (Å²) in [6.07, 6.45) is 28.2. The minimum atomic E-state index is -0.701. The molecule has 6 heteroatoms. The largest absolute Gasteiger partial charge is 0.455 e. The third-order valence-electron chi connectivity index (χ3n) is 9.18. The van der Waals surface area contributed by atoms with Crippen LogP contribution in [0.15, 0.2) is 11.6 Å². The molecular weight excluding hydrogens is 540 g/mol. The lowest BCUT2D eigenvalue weighted by Gasteiger charge is -2.20. The van der Waals surface area contributed by atoms with Crippen LogP contribution in [-0.2, 0) is 9.53 Å². The highest BCUT2D eigenvalue weighted by Gasteiger charge is 2.21. The molecule has 1 rings (SSSR count). The monoisotopic (exact) mass is 611 g/mol. The molecule has 1 aliphatic heterocycles. The molecule has 43 heavy (non-hydrogen) atoms. The van der Waals surface area contributed by atoms with E-state index in [4.69, 9.17) is 4.74 Å². The molecule has 1 aliphatic rings. The predicted molar refractivity (Wildman–Crippen MR) is 178 cm³/mol. The summed E-state index contributed by atoms with van der Waals surface area (Å²) >= 11 is 0. The summed E-state index contributed by atoms with van der Waals surface area (Å²) < 4.78 is 5.14. The standard InChI is InChI=1S/C37H70O6/c1-3-4-5-6-7-8-12-15-18-21-26-33(38)35(40)28-23-24-29-36(41)34(39)27-22-19-16-13-10-9-11-14-17-20-25-32-30-31(2)43-37(32)42/h30-31,33-36,38-41H,3-29H2,1-2H3/t31-,33-,34+,35+,36-/m0/s1. The number of unbranched alkanes of at least 4 members (excludes halogenated alkanes) is 19. The first-order valence-electron chi connectivity index (χ1n) is 18.5. The summed E-state index contributed by atoms with van der Waals surface area (Å²) in [5.41, 5.74) is 0.853. The molecule has 0 fully saturated rings. The Morgan fingerprint density at radius 2 is 0.837 bits per heavy atom. The number of aliphatic hydroxyl groups excluding tert-OH is 4. The molecule has 0 radical (unpaired) electrons. The van der Waals surface area contributed by atoms with Crippen LogP contribution in [0, 0.1) is 0 Å². The van der Waals surface area contributed by atoms with Crippen molar-refractivity contribution in [3.63, 3.8) is 0 Å². The molecular formula is C37H70O6. The summed E-state index contributed by atoms with van der Waals surface area (Å²) in [7, 11) is 0. The first-order chi connectivity index (χ1) is 20.8. The van der Waals surface area contributed by atoms with Gasteiger partial charge in [0, 0.05) is 5.57 Å².